The summed E-state index contributed by atoms with van der Waals surface area (Å²) in [5, 5.41) is 28.4. The van der Waals surface area contributed by atoms with Gasteiger partial charge in [0.2, 0.25) is 0 Å². The number of aliphatic carboxylic acids is 1. The molecule has 0 aromatic carbocycles. The quantitative estimate of drug-likeness (QED) is 0.464. The van der Waals surface area contributed by atoms with Gasteiger partial charge in [0.05, 0.1) is 18.6 Å². The zero-order chi connectivity index (χ0) is 15.1. The molecular formula is C15H24O5. The first-order chi connectivity index (χ1) is 9.45. The van der Waals surface area contributed by atoms with Crippen LogP contribution in [0.4, 0.5) is 0 Å². The van der Waals surface area contributed by atoms with Crippen LogP contribution in [-0.2, 0) is 9.59 Å². The lowest BCUT2D eigenvalue weighted by Gasteiger charge is -2.16. The van der Waals surface area contributed by atoms with Gasteiger partial charge in [-0.25, -0.2) is 0 Å². The van der Waals surface area contributed by atoms with Crippen LogP contribution in [0.5, 0.6) is 0 Å². The standard InChI is InChI=1S/C15H24O5/c1-2-3-4-5-10(16)6-7-11-12(8-15(19)20)14(18)9-13(11)17/h6-7,10-13,16-17H,2-5,8-9H2,1H3,(H,19,20)/t10-,11+,12+,13+/m0/s1. The molecule has 0 aromatic heterocycles. The Hall–Kier alpha value is -1.20. The Morgan fingerprint density at radius 1 is 1.45 bits per heavy atom. The molecule has 0 amide bonds. The molecule has 0 saturated heterocycles. The highest BCUT2D eigenvalue weighted by Crippen LogP contribution is 2.33. The lowest BCUT2D eigenvalue weighted by molar-refractivity contribution is -0.140. The van der Waals surface area contributed by atoms with Gasteiger partial charge in [0, 0.05) is 18.3 Å². The van der Waals surface area contributed by atoms with Crippen LogP contribution in [0.1, 0.15) is 45.4 Å². The summed E-state index contributed by atoms with van der Waals surface area (Å²) in [7, 11) is 0. The number of ketones is 1. The molecule has 0 aliphatic heterocycles. The molecular weight excluding hydrogens is 260 g/mol. The predicted octanol–water partition coefficient (Wildman–Crippen LogP) is 1.52. The molecule has 5 heteroatoms. The van der Waals surface area contributed by atoms with Crippen LogP contribution >= 0.6 is 0 Å². The van der Waals surface area contributed by atoms with Crippen molar-refractivity contribution >= 4 is 11.8 Å². The summed E-state index contributed by atoms with van der Waals surface area (Å²) in [6.07, 6.45) is 5.18. The SMILES string of the molecule is CCCCC[C@H](O)C=C[C@H]1[C@H](O)CC(=O)[C@@H]1CC(=O)O. The summed E-state index contributed by atoms with van der Waals surface area (Å²) in [6.45, 7) is 2.08. The Morgan fingerprint density at radius 3 is 2.75 bits per heavy atom. The molecule has 0 unspecified atom stereocenters. The van der Waals surface area contributed by atoms with Crippen molar-refractivity contribution in [1.82, 2.24) is 0 Å². The zero-order valence-electron chi connectivity index (χ0n) is 11.9. The first-order valence-corrected chi connectivity index (χ1v) is 7.24. The number of aliphatic hydroxyl groups is 2. The monoisotopic (exact) mass is 284 g/mol. The van der Waals surface area contributed by atoms with Gasteiger partial charge >= 0.3 is 5.97 Å². The number of rotatable bonds is 8. The van der Waals surface area contributed by atoms with Crippen LogP contribution in [0.3, 0.4) is 0 Å². The number of carboxylic acids is 1. The largest absolute Gasteiger partial charge is 0.481 e. The minimum atomic E-state index is -1.04. The first-order valence-electron chi connectivity index (χ1n) is 7.24. The first kappa shape index (κ1) is 16.9. The maximum absolute atomic E-state index is 11.7. The molecule has 1 fully saturated rings. The van der Waals surface area contributed by atoms with Crippen molar-refractivity contribution in [2.24, 2.45) is 11.8 Å². The predicted molar refractivity (Wildman–Crippen MR) is 74.2 cm³/mol. The van der Waals surface area contributed by atoms with Crippen molar-refractivity contribution in [3.05, 3.63) is 12.2 Å². The summed E-state index contributed by atoms with van der Waals surface area (Å²) >= 11 is 0. The minimum absolute atomic E-state index is 0.00111. The third-order valence-electron chi connectivity index (χ3n) is 3.79. The Labute approximate surface area is 119 Å². The maximum Gasteiger partial charge on any atom is 0.304 e. The lowest BCUT2D eigenvalue weighted by Crippen LogP contribution is -2.21. The third-order valence-corrected chi connectivity index (χ3v) is 3.79. The lowest BCUT2D eigenvalue weighted by atomic mass is 9.90. The van der Waals surface area contributed by atoms with Gasteiger partial charge in [0.25, 0.3) is 0 Å². The van der Waals surface area contributed by atoms with Crippen LogP contribution in [0.25, 0.3) is 0 Å². The van der Waals surface area contributed by atoms with Crippen molar-refractivity contribution in [3.8, 4) is 0 Å². The molecule has 4 atom stereocenters. The number of carbonyl (C=O) groups excluding carboxylic acids is 1. The Kier molecular flexibility index (Phi) is 6.88. The molecule has 0 bridgehead atoms. The average Bonchev–Trinajstić information content (AvgIpc) is 2.62. The molecule has 20 heavy (non-hydrogen) atoms. The van der Waals surface area contributed by atoms with E-state index < -0.39 is 30.0 Å². The second kappa shape index (κ2) is 8.17. The number of hydrogen-bond acceptors (Lipinski definition) is 4. The molecule has 0 radical (unpaired) electrons. The fourth-order valence-electron chi connectivity index (χ4n) is 2.63. The molecule has 5 nitrogen and oxygen atoms in total. The van der Waals surface area contributed by atoms with Crippen LogP contribution in [0, 0.1) is 11.8 Å². The van der Waals surface area contributed by atoms with Crippen LogP contribution in [-0.4, -0.2) is 39.3 Å². The fourth-order valence-corrected chi connectivity index (χ4v) is 2.63. The van der Waals surface area contributed by atoms with Crippen molar-refractivity contribution < 1.29 is 24.9 Å². The number of hydrogen-bond donors (Lipinski definition) is 3. The molecule has 1 aliphatic carbocycles. The maximum atomic E-state index is 11.7. The van der Waals surface area contributed by atoms with Gasteiger partial charge < -0.3 is 15.3 Å². The zero-order valence-corrected chi connectivity index (χ0v) is 11.9. The summed E-state index contributed by atoms with van der Waals surface area (Å²) in [4.78, 5) is 22.4. The summed E-state index contributed by atoms with van der Waals surface area (Å²) < 4.78 is 0. The highest BCUT2D eigenvalue weighted by molar-refractivity contribution is 5.88. The number of carboxylic acid groups (broad SMARTS) is 1. The average molecular weight is 284 g/mol. The van der Waals surface area contributed by atoms with E-state index >= 15 is 0 Å². The van der Waals surface area contributed by atoms with Crippen molar-refractivity contribution in [3.63, 3.8) is 0 Å². The second-order valence-corrected chi connectivity index (χ2v) is 5.47. The van der Waals surface area contributed by atoms with Crippen molar-refractivity contribution in [1.29, 1.82) is 0 Å². The van der Waals surface area contributed by atoms with E-state index in [9.17, 15) is 19.8 Å². The van der Waals surface area contributed by atoms with Gasteiger partial charge in [0.15, 0.2) is 0 Å². The molecule has 114 valence electrons. The molecule has 0 aromatic rings. The van der Waals surface area contributed by atoms with Crippen LogP contribution in [0.2, 0.25) is 0 Å². The highest BCUT2D eigenvalue weighted by Gasteiger charge is 2.41. The minimum Gasteiger partial charge on any atom is -0.481 e. The smallest absolute Gasteiger partial charge is 0.304 e. The normalized spacial score (nSPS) is 28.1. The number of carbonyl (C=O) groups is 2. The van der Waals surface area contributed by atoms with E-state index in [1.807, 2.05) is 0 Å². The Balaban J connectivity index is 2.57. The van der Waals surface area contributed by atoms with E-state index in [-0.39, 0.29) is 18.6 Å². The van der Waals surface area contributed by atoms with Gasteiger partial charge in [-0.1, -0.05) is 38.3 Å². The topological polar surface area (TPSA) is 94.8 Å². The Bertz CT molecular complexity index is 363. The van der Waals surface area contributed by atoms with E-state index in [0.29, 0.717) is 6.42 Å². The summed E-state index contributed by atoms with van der Waals surface area (Å²) in [5.41, 5.74) is 0. The van der Waals surface area contributed by atoms with E-state index in [2.05, 4.69) is 6.92 Å². The van der Waals surface area contributed by atoms with Gasteiger partial charge in [-0.05, 0) is 6.42 Å². The molecule has 1 aliphatic rings. The van der Waals surface area contributed by atoms with Gasteiger partial charge in [-0.15, -0.1) is 0 Å². The summed E-state index contributed by atoms with van der Waals surface area (Å²) in [6, 6.07) is 0. The van der Waals surface area contributed by atoms with Gasteiger partial charge in [-0.3, -0.25) is 9.59 Å². The molecule has 3 N–H and O–H groups in total. The summed E-state index contributed by atoms with van der Waals surface area (Å²) in [5.74, 6) is -2.43. The van der Waals surface area contributed by atoms with Gasteiger partial charge in [-0.2, -0.15) is 0 Å². The van der Waals surface area contributed by atoms with Crippen LogP contribution in [0.15, 0.2) is 12.2 Å². The van der Waals surface area contributed by atoms with Crippen molar-refractivity contribution in [2.45, 2.75) is 57.7 Å². The van der Waals surface area contributed by atoms with Crippen molar-refractivity contribution in [2.75, 3.05) is 0 Å². The van der Waals surface area contributed by atoms with Crippen LogP contribution < -0.4 is 0 Å². The fraction of sp³-hybridized carbons (Fsp3) is 0.733. The second-order valence-electron chi connectivity index (χ2n) is 5.47. The van der Waals surface area contributed by atoms with E-state index in [1.165, 1.54) is 0 Å². The molecule has 0 spiro atoms. The molecule has 0 heterocycles. The number of aliphatic hydroxyl groups excluding tert-OH is 2. The number of Topliss-reactive ketones (excluding diaryl/α,β-unsaturated/α-hetero) is 1. The number of unbranched alkanes of at least 4 members (excludes halogenated alkanes) is 2. The Morgan fingerprint density at radius 2 is 2.15 bits per heavy atom. The molecule has 1 rings (SSSR count). The van der Waals surface area contributed by atoms with E-state index in [4.69, 9.17) is 5.11 Å². The third kappa shape index (κ3) is 5.06. The van der Waals surface area contributed by atoms with Gasteiger partial charge in [0.1, 0.15) is 5.78 Å². The highest BCUT2D eigenvalue weighted by atomic mass is 16.4. The van der Waals surface area contributed by atoms with E-state index in [0.717, 1.165) is 19.3 Å². The molecule has 1 saturated carbocycles. The van der Waals surface area contributed by atoms with E-state index in [1.54, 1.807) is 12.2 Å².